The van der Waals surface area contributed by atoms with Crippen molar-refractivity contribution in [3.05, 3.63) is 36.0 Å². The van der Waals surface area contributed by atoms with E-state index in [1.165, 1.54) is 10.9 Å². The molecule has 2 nitrogen and oxygen atoms in total. The monoisotopic (exact) mass is 201 g/mol. The van der Waals surface area contributed by atoms with Gasteiger partial charge in [0.05, 0.1) is 0 Å². The van der Waals surface area contributed by atoms with Gasteiger partial charge in [-0.2, -0.15) is 0 Å². The number of rotatable bonds is 2. The molecule has 0 atom stereocenters. The Kier molecular flexibility index (Phi) is 2.14. The second kappa shape index (κ2) is 3.23. The molecule has 0 saturated carbocycles. The number of hydrogen-bond acceptors (Lipinski definition) is 1. The molecule has 1 aromatic heterocycles. The molecule has 2 rings (SSSR count). The summed E-state index contributed by atoms with van der Waals surface area (Å²) < 4.78 is 2.07. The summed E-state index contributed by atoms with van der Waals surface area (Å²) in [4.78, 5) is 11.0. The van der Waals surface area contributed by atoms with Gasteiger partial charge in [-0.25, -0.2) is 0 Å². The van der Waals surface area contributed by atoms with Crippen molar-refractivity contribution in [1.29, 1.82) is 0 Å². The lowest BCUT2D eigenvalue weighted by atomic mass is 9.86. The molecule has 0 aliphatic carbocycles. The smallest absolute Gasteiger partial charge is 0.129 e. The topological polar surface area (TPSA) is 22.0 Å². The predicted molar refractivity (Wildman–Crippen MR) is 62.0 cm³/mol. The first-order chi connectivity index (χ1) is 7.04. The van der Waals surface area contributed by atoms with Crippen LogP contribution in [-0.4, -0.2) is 10.9 Å². The summed E-state index contributed by atoms with van der Waals surface area (Å²) >= 11 is 0. The highest BCUT2D eigenvalue weighted by Gasteiger charge is 2.19. The molecule has 0 aliphatic rings. The van der Waals surface area contributed by atoms with E-state index in [0.29, 0.717) is 0 Å². The Bertz CT molecular complexity index is 508. The standard InChI is InChI=1S/C13H15NO/c1-13(2,9-15)11-5-4-10-6-7-14(3)12(10)8-11/h4-9H,1-3H3. The number of carbonyl (C=O) groups is 1. The molecule has 1 aromatic carbocycles. The summed E-state index contributed by atoms with van der Waals surface area (Å²) in [5.41, 5.74) is 1.83. The molecule has 0 unspecified atom stereocenters. The summed E-state index contributed by atoms with van der Waals surface area (Å²) in [6.07, 6.45) is 3.03. The molecular formula is C13H15NO. The largest absolute Gasteiger partial charge is 0.351 e. The van der Waals surface area contributed by atoms with Gasteiger partial charge < -0.3 is 9.36 Å². The lowest BCUT2D eigenvalue weighted by Gasteiger charge is -2.17. The normalized spacial score (nSPS) is 11.9. The van der Waals surface area contributed by atoms with E-state index in [-0.39, 0.29) is 0 Å². The molecule has 0 fully saturated rings. The van der Waals surface area contributed by atoms with Crippen LogP contribution in [-0.2, 0) is 17.3 Å². The fourth-order valence-corrected chi connectivity index (χ4v) is 1.73. The highest BCUT2D eigenvalue weighted by Crippen LogP contribution is 2.25. The van der Waals surface area contributed by atoms with E-state index >= 15 is 0 Å². The highest BCUT2D eigenvalue weighted by molar-refractivity contribution is 5.82. The van der Waals surface area contributed by atoms with Crippen molar-refractivity contribution < 1.29 is 4.79 Å². The van der Waals surface area contributed by atoms with Gasteiger partial charge in [0.1, 0.15) is 6.29 Å². The Morgan fingerprint density at radius 2 is 2.00 bits per heavy atom. The Balaban J connectivity index is 2.64. The molecule has 0 N–H and O–H groups in total. The zero-order valence-electron chi connectivity index (χ0n) is 9.32. The minimum atomic E-state index is -0.404. The number of hydrogen-bond donors (Lipinski definition) is 0. The lowest BCUT2D eigenvalue weighted by Crippen LogP contribution is -2.18. The van der Waals surface area contributed by atoms with Crippen molar-refractivity contribution in [3.63, 3.8) is 0 Å². The van der Waals surface area contributed by atoms with Crippen LogP contribution in [0.25, 0.3) is 10.9 Å². The number of nitrogens with zero attached hydrogens (tertiary/aromatic N) is 1. The van der Waals surface area contributed by atoms with E-state index in [4.69, 9.17) is 0 Å². The number of aryl methyl sites for hydroxylation is 1. The van der Waals surface area contributed by atoms with Crippen LogP contribution in [0, 0.1) is 0 Å². The second-order valence-corrected chi connectivity index (χ2v) is 4.54. The van der Waals surface area contributed by atoms with Crippen LogP contribution in [0.15, 0.2) is 30.5 Å². The Morgan fingerprint density at radius 3 is 2.67 bits per heavy atom. The molecular weight excluding hydrogens is 186 g/mol. The Labute approximate surface area is 89.5 Å². The molecule has 1 heterocycles. The number of aromatic nitrogens is 1. The van der Waals surface area contributed by atoms with Crippen LogP contribution in [0.4, 0.5) is 0 Å². The maximum absolute atomic E-state index is 11.0. The van der Waals surface area contributed by atoms with Crippen molar-refractivity contribution in [2.24, 2.45) is 7.05 Å². The fourth-order valence-electron chi connectivity index (χ4n) is 1.73. The average molecular weight is 201 g/mol. The van der Waals surface area contributed by atoms with Crippen LogP contribution < -0.4 is 0 Å². The molecule has 78 valence electrons. The van der Waals surface area contributed by atoms with Gasteiger partial charge in [0.2, 0.25) is 0 Å². The highest BCUT2D eigenvalue weighted by atomic mass is 16.1. The maximum atomic E-state index is 11.0. The van der Waals surface area contributed by atoms with Gasteiger partial charge in [-0.1, -0.05) is 12.1 Å². The van der Waals surface area contributed by atoms with Gasteiger partial charge in [0.25, 0.3) is 0 Å². The SMILES string of the molecule is Cn1ccc2ccc(C(C)(C)C=O)cc21. The van der Waals surface area contributed by atoms with Crippen LogP contribution in [0.5, 0.6) is 0 Å². The van der Waals surface area contributed by atoms with Crippen molar-refractivity contribution >= 4 is 17.2 Å². The summed E-state index contributed by atoms with van der Waals surface area (Å²) in [6.45, 7) is 3.87. The zero-order valence-corrected chi connectivity index (χ0v) is 9.32. The van der Waals surface area contributed by atoms with Gasteiger partial charge in [-0.3, -0.25) is 0 Å². The molecule has 2 heteroatoms. The minimum Gasteiger partial charge on any atom is -0.351 e. The first-order valence-corrected chi connectivity index (χ1v) is 5.06. The van der Waals surface area contributed by atoms with Gasteiger partial charge in [-0.05, 0) is 36.9 Å². The van der Waals surface area contributed by atoms with Crippen LogP contribution in [0.1, 0.15) is 19.4 Å². The van der Waals surface area contributed by atoms with Crippen molar-refractivity contribution in [3.8, 4) is 0 Å². The minimum absolute atomic E-state index is 0.404. The van der Waals surface area contributed by atoms with E-state index in [9.17, 15) is 4.79 Å². The van der Waals surface area contributed by atoms with E-state index in [1.54, 1.807) is 0 Å². The zero-order chi connectivity index (χ0) is 11.1. The van der Waals surface area contributed by atoms with Gasteiger partial charge >= 0.3 is 0 Å². The number of benzene rings is 1. The van der Waals surface area contributed by atoms with Crippen molar-refractivity contribution in [2.45, 2.75) is 19.3 Å². The predicted octanol–water partition coefficient (Wildman–Crippen LogP) is 2.65. The van der Waals surface area contributed by atoms with E-state index in [2.05, 4.69) is 22.8 Å². The molecule has 0 spiro atoms. The van der Waals surface area contributed by atoms with Gasteiger partial charge in [-0.15, -0.1) is 0 Å². The Morgan fingerprint density at radius 1 is 1.27 bits per heavy atom. The van der Waals surface area contributed by atoms with Crippen LogP contribution in [0.2, 0.25) is 0 Å². The number of fused-ring (bicyclic) bond motifs is 1. The van der Waals surface area contributed by atoms with Gasteiger partial charge in [0, 0.05) is 24.2 Å². The van der Waals surface area contributed by atoms with Crippen molar-refractivity contribution in [1.82, 2.24) is 4.57 Å². The molecule has 0 aliphatic heterocycles. The number of aldehydes is 1. The summed E-state index contributed by atoms with van der Waals surface area (Å²) in [6, 6.07) is 8.25. The lowest BCUT2D eigenvalue weighted by molar-refractivity contribution is -0.111. The van der Waals surface area contributed by atoms with Gasteiger partial charge in [0.15, 0.2) is 0 Å². The van der Waals surface area contributed by atoms with Crippen molar-refractivity contribution in [2.75, 3.05) is 0 Å². The molecule has 15 heavy (non-hydrogen) atoms. The molecule has 0 saturated heterocycles. The molecule has 0 amide bonds. The third kappa shape index (κ3) is 1.56. The maximum Gasteiger partial charge on any atom is 0.129 e. The van der Waals surface area contributed by atoms with Crippen LogP contribution in [0.3, 0.4) is 0 Å². The molecule has 0 radical (unpaired) electrons. The number of carbonyl (C=O) groups excluding carboxylic acids is 1. The Hall–Kier alpha value is -1.57. The quantitative estimate of drug-likeness (QED) is 0.685. The van der Waals surface area contributed by atoms with E-state index in [0.717, 1.165) is 11.8 Å². The summed E-state index contributed by atoms with van der Waals surface area (Å²) in [5, 5.41) is 1.21. The molecule has 2 aromatic rings. The van der Waals surface area contributed by atoms with E-state index in [1.807, 2.05) is 33.2 Å². The summed E-state index contributed by atoms with van der Waals surface area (Å²) in [5.74, 6) is 0. The third-order valence-electron chi connectivity index (χ3n) is 2.93. The first-order valence-electron chi connectivity index (χ1n) is 5.06. The average Bonchev–Trinajstić information content (AvgIpc) is 2.60. The van der Waals surface area contributed by atoms with Crippen LogP contribution >= 0.6 is 0 Å². The first kappa shape index (κ1) is 9.97. The third-order valence-corrected chi connectivity index (χ3v) is 2.93. The second-order valence-electron chi connectivity index (χ2n) is 4.54. The molecule has 0 bridgehead atoms. The summed E-state index contributed by atoms with van der Waals surface area (Å²) in [7, 11) is 2.01. The fraction of sp³-hybridized carbons (Fsp3) is 0.308. The van der Waals surface area contributed by atoms with E-state index < -0.39 is 5.41 Å².